The van der Waals surface area contributed by atoms with Crippen molar-refractivity contribution in [3.05, 3.63) is 12.2 Å². The van der Waals surface area contributed by atoms with E-state index in [4.69, 9.17) is 0 Å². The molecule has 4 heteroatoms. The normalized spacial score (nSPS) is 35.5. The quantitative estimate of drug-likeness (QED) is 0.777. The molecule has 0 radical (unpaired) electrons. The summed E-state index contributed by atoms with van der Waals surface area (Å²) in [6.45, 7) is 3.52. The number of aliphatic hydroxyl groups is 1. The molecule has 112 valence electrons. The van der Waals surface area contributed by atoms with Crippen molar-refractivity contribution in [3.63, 3.8) is 0 Å². The topological polar surface area (TPSA) is 43.8 Å². The molecule has 0 aromatic heterocycles. The first-order valence-electron chi connectivity index (χ1n) is 8.11. The SMILES string of the molecule is O=C([C@@H]1CC=CCC1)N1CCN([C@@H]2CCC[C@H]2O)CC1. The number of rotatable bonds is 2. The van der Waals surface area contributed by atoms with E-state index in [-0.39, 0.29) is 12.0 Å². The highest BCUT2D eigenvalue weighted by Crippen LogP contribution is 2.26. The van der Waals surface area contributed by atoms with Crippen LogP contribution in [0.4, 0.5) is 0 Å². The summed E-state index contributed by atoms with van der Waals surface area (Å²) >= 11 is 0. The molecule has 1 saturated carbocycles. The lowest BCUT2D eigenvalue weighted by atomic mass is 9.93. The summed E-state index contributed by atoms with van der Waals surface area (Å²) in [5, 5.41) is 9.99. The molecule has 0 spiro atoms. The Balaban J connectivity index is 1.50. The fraction of sp³-hybridized carbons (Fsp3) is 0.812. The second kappa shape index (κ2) is 6.27. The van der Waals surface area contributed by atoms with Gasteiger partial charge in [0.05, 0.1) is 6.10 Å². The zero-order chi connectivity index (χ0) is 13.9. The fourth-order valence-electron chi connectivity index (χ4n) is 3.90. The molecule has 0 aromatic carbocycles. The first kappa shape index (κ1) is 14.1. The number of piperazine rings is 1. The van der Waals surface area contributed by atoms with Gasteiger partial charge in [0, 0.05) is 38.1 Å². The molecule has 1 aliphatic heterocycles. The maximum absolute atomic E-state index is 12.5. The minimum absolute atomic E-state index is 0.152. The van der Waals surface area contributed by atoms with E-state index >= 15 is 0 Å². The van der Waals surface area contributed by atoms with Gasteiger partial charge in [0.2, 0.25) is 5.91 Å². The second-order valence-corrected chi connectivity index (χ2v) is 6.41. The Morgan fingerprint density at radius 3 is 2.45 bits per heavy atom. The Hall–Kier alpha value is -0.870. The average molecular weight is 278 g/mol. The van der Waals surface area contributed by atoms with Crippen LogP contribution in [0.1, 0.15) is 38.5 Å². The Kier molecular flexibility index (Phi) is 4.41. The lowest BCUT2D eigenvalue weighted by Crippen LogP contribution is -2.54. The Morgan fingerprint density at radius 2 is 1.85 bits per heavy atom. The summed E-state index contributed by atoms with van der Waals surface area (Å²) in [6, 6.07) is 0.338. The number of carbonyl (C=O) groups excluding carboxylic acids is 1. The van der Waals surface area contributed by atoms with Gasteiger partial charge < -0.3 is 10.0 Å². The molecule has 20 heavy (non-hydrogen) atoms. The van der Waals surface area contributed by atoms with Crippen molar-refractivity contribution in [2.24, 2.45) is 5.92 Å². The average Bonchev–Trinajstić information content (AvgIpc) is 2.94. The number of amides is 1. The van der Waals surface area contributed by atoms with Crippen LogP contribution >= 0.6 is 0 Å². The molecule has 3 aliphatic rings. The van der Waals surface area contributed by atoms with Gasteiger partial charge in [0.25, 0.3) is 0 Å². The molecule has 0 unspecified atom stereocenters. The second-order valence-electron chi connectivity index (χ2n) is 6.41. The summed E-state index contributed by atoms with van der Waals surface area (Å²) in [4.78, 5) is 16.9. The minimum atomic E-state index is -0.152. The molecule has 0 bridgehead atoms. The summed E-state index contributed by atoms with van der Waals surface area (Å²) < 4.78 is 0. The number of nitrogens with zero attached hydrogens (tertiary/aromatic N) is 2. The Labute approximate surface area is 121 Å². The van der Waals surface area contributed by atoms with Gasteiger partial charge >= 0.3 is 0 Å². The third-order valence-electron chi connectivity index (χ3n) is 5.16. The lowest BCUT2D eigenvalue weighted by Gasteiger charge is -2.40. The van der Waals surface area contributed by atoms with Crippen molar-refractivity contribution in [3.8, 4) is 0 Å². The van der Waals surface area contributed by atoms with Gasteiger partial charge in [0.1, 0.15) is 0 Å². The molecule has 3 atom stereocenters. The van der Waals surface area contributed by atoms with Gasteiger partial charge in [-0.3, -0.25) is 9.69 Å². The van der Waals surface area contributed by atoms with Crippen LogP contribution in [0.5, 0.6) is 0 Å². The zero-order valence-electron chi connectivity index (χ0n) is 12.2. The minimum Gasteiger partial charge on any atom is -0.391 e. The highest BCUT2D eigenvalue weighted by molar-refractivity contribution is 5.79. The van der Waals surface area contributed by atoms with Crippen LogP contribution in [-0.4, -0.2) is 59.1 Å². The third kappa shape index (κ3) is 2.91. The van der Waals surface area contributed by atoms with Crippen molar-refractivity contribution in [2.45, 2.75) is 50.7 Å². The van der Waals surface area contributed by atoms with E-state index in [0.717, 1.165) is 64.7 Å². The molecule has 1 saturated heterocycles. The molecule has 4 nitrogen and oxygen atoms in total. The van der Waals surface area contributed by atoms with Crippen LogP contribution < -0.4 is 0 Å². The molecular formula is C16H26N2O2. The maximum Gasteiger partial charge on any atom is 0.226 e. The van der Waals surface area contributed by atoms with Gasteiger partial charge in [-0.1, -0.05) is 12.2 Å². The summed E-state index contributed by atoms with van der Waals surface area (Å²) in [7, 11) is 0. The highest BCUT2D eigenvalue weighted by atomic mass is 16.3. The largest absolute Gasteiger partial charge is 0.391 e. The van der Waals surface area contributed by atoms with E-state index in [9.17, 15) is 9.90 Å². The van der Waals surface area contributed by atoms with Gasteiger partial charge in [-0.2, -0.15) is 0 Å². The monoisotopic (exact) mass is 278 g/mol. The van der Waals surface area contributed by atoms with Crippen molar-refractivity contribution in [1.29, 1.82) is 0 Å². The summed E-state index contributed by atoms with van der Waals surface area (Å²) in [5.41, 5.74) is 0. The van der Waals surface area contributed by atoms with Crippen LogP contribution in [0, 0.1) is 5.92 Å². The molecule has 2 aliphatic carbocycles. The zero-order valence-corrected chi connectivity index (χ0v) is 12.2. The highest BCUT2D eigenvalue weighted by Gasteiger charge is 2.34. The standard InChI is InChI=1S/C16H26N2O2/c19-15-8-4-7-14(15)17-9-11-18(12-10-17)16(20)13-5-2-1-3-6-13/h1-2,13-15,19H,3-12H2/t13-,14-,15-/m1/s1. The van der Waals surface area contributed by atoms with E-state index in [1.165, 1.54) is 0 Å². The predicted octanol–water partition coefficient (Wildman–Crippen LogP) is 1.40. The molecule has 2 fully saturated rings. The Bertz CT molecular complexity index is 375. The maximum atomic E-state index is 12.5. The van der Waals surface area contributed by atoms with Gasteiger partial charge in [-0.05, 0) is 38.5 Å². The van der Waals surface area contributed by atoms with E-state index in [1.54, 1.807) is 0 Å². The number of carbonyl (C=O) groups is 1. The predicted molar refractivity (Wildman–Crippen MR) is 78.3 cm³/mol. The molecule has 0 aromatic rings. The first-order valence-corrected chi connectivity index (χ1v) is 8.11. The van der Waals surface area contributed by atoms with Crippen LogP contribution in [0.25, 0.3) is 0 Å². The van der Waals surface area contributed by atoms with E-state index < -0.39 is 0 Å². The Morgan fingerprint density at radius 1 is 1.05 bits per heavy atom. The number of hydrogen-bond acceptors (Lipinski definition) is 3. The van der Waals surface area contributed by atoms with Crippen molar-refractivity contribution < 1.29 is 9.90 Å². The third-order valence-corrected chi connectivity index (χ3v) is 5.16. The van der Waals surface area contributed by atoms with Crippen molar-refractivity contribution in [2.75, 3.05) is 26.2 Å². The number of hydrogen-bond donors (Lipinski definition) is 1. The summed E-state index contributed by atoms with van der Waals surface area (Å²) in [5.74, 6) is 0.560. The van der Waals surface area contributed by atoms with Crippen LogP contribution in [0.15, 0.2) is 12.2 Å². The van der Waals surface area contributed by atoms with Crippen LogP contribution in [-0.2, 0) is 4.79 Å². The lowest BCUT2D eigenvalue weighted by molar-refractivity contribution is -0.138. The number of aliphatic hydroxyl groups excluding tert-OH is 1. The van der Waals surface area contributed by atoms with Crippen molar-refractivity contribution in [1.82, 2.24) is 9.80 Å². The molecular weight excluding hydrogens is 252 g/mol. The van der Waals surface area contributed by atoms with Gasteiger partial charge in [0.15, 0.2) is 0 Å². The molecule has 1 N–H and O–H groups in total. The number of allylic oxidation sites excluding steroid dienone is 2. The van der Waals surface area contributed by atoms with Crippen molar-refractivity contribution >= 4 is 5.91 Å². The van der Waals surface area contributed by atoms with Crippen LogP contribution in [0.2, 0.25) is 0 Å². The molecule has 1 heterocycles. The van der Waals surface area contributed by atoms with E-state index in [1.807, 2.05) is 4.90 Å². The smallest absolute Gasteiger partial charge is 0.226 e. The molecule has 3 rings (SSSR count). The van der Waals surface area contributed by atoms with Crippen LogP contribution in [0.3, 0.4) is 0 Å². The van der Waals surface area contributed by atoms with E-state index in [0.29, 0.717) is 11.9 Å². The van der Waals surface area contributed by atoms with Gasteiger partial charge in [-0.25, -0.2) is 0 Å². The fourth-order valence-corrected chi connectivity index (χ4v) is 3.90. The first-order chi connectivity index (χ1) is 9.75. The van der Waals surface area contributed by atoms with Gasteiger partial charge in [-0.15, -0.1) is 0 Å². The van der Waals surface area contributed by atoms with E-state index in [2.05, 4.69) is 17.1 Å². The summed E-state index contributed by atoms with van der Waals surface area (Å²) in [6.07, 6.45) is 10.4. The molecule has 1 amide bonds.